The molecule has 3 aromatic heterocycles. The Balaban J connectivity index is 1.40. The van der Waals surface area contributed by atoms with E-state index in [1.165, 1.54) is 16.9 Å². The molecule has 26 heavy (non-hydrogen) atoms. The van der Waals surface area contributed by atoms with Gasteiger partial charge in [0, 0.05) is 24.1 Å². The van der Waals surface area contributed by atoms with E-state index in [1.807, 2.05) is 28.1 Å². The molecule has 0 aliphatic heterocycles. The summed E-state index contributed by atoms with van der Waals surface area (Å²) in [5.41, 5.74) is 3.82. The van der Waals surface area contributed by atoms with Crippen molar-refractivity contribution in [3.05, 3.63) is 58.7 Å². The molecule has 7 nitrogen and oxygen atoms in total. The molecule has 130 valence electrons. The van der Waals surface area contributed by atoms with Gasteiger partial charge in [-0.1, -0.05) is 6.07 Å². The zero-order valence-electron chi connectivity index (χ0n) is 14.0. The Hall–Kier alpha value is -3.00. The van der Waals surface area contributed by atoms with Crippen LogP contribution in [0, 0.1) is 6.92 Å². The van der Waals surface area contributed by atoms with Crippen molar-refractivity contribution in [1.29, 1.82) is 0 Å². The fourth-order valence-electron chi connectivity index (χ4n) is 3.44. The number of carbonyl (C=O) groups excluding carboxylic acids is 1. The van der Waals surface area contributed by atoms with Gasteiger partial charge in [0.2, 0.25) is 11.8 Å². The molecular weight excluding hydrogens is 350 g/mol. The van der Waals surface area contributed by atoms with E-state index >= 15 is 0 Å². The SMILES string of the molecule is Cc1nnc(-c2ccc3c(c2)CC[C@H]3NC(=O)c2cnc3sccn23)o1. The highest BCUT2D eigenvalue weighted by Gasteiger charge is 2.26. The van der Waals surface area contributed by atoms with Crippen LogP contribution in [0.1, 0.15) is 40.0 Å². The second-order valence-electron chi connectivity index (χ2n) is 6.30. The van der Waals surface area contributed by atoms with Gasteiger partial charge in [-0.05, 0) is 36.1 Å². The topological polar surface area (TPSA) is 85.3 Å². The van der Waals surface area contributed by atoms with Crippen LogP contribution in [0.25, 0.3) is 16.4 Å². The Kier molecular flexibility index (Phi) is 3.39. The molecule has 0 spiro atoms. The summed E-state index contributed by atoms with van der Waals surface area (Å²) in [6.45, 7) is 1.77. The minimum Gasteiger partial charge on any atom is -0.421 e. The lowest BCUT2D eigenvalue weighted by Crippen LogP contribution is -2.28. The van der Waals surface area contributed by atoms with Crippen LogP contribution < -0.4 is 5.32 Å². The summed E-state index contributed by atoms with van der Waals surface area (Å²) in [6, 6.07) is 6.08. The van der Waals surface area contributed by atoms with E-state index in [0.29, 0.717) is 17.5 Å². The molecule has 1 N–H and O–H groups in total. The molecule has 1 aliphatic carbocycles. The summed E-state index contributed by atoms with van der Waals surface area (Å²) in [6.07, 6.45) is 5.27. The van der Waals surface area contributed by atoms with E-state index in [4.69, 9.17) is 4.42 Å². The Bertz CT molecular complexity index is 1130. The molecule has 3 heterocycles. The van der Waals surface area contributed by atoms with Crippen LogP contribution in [0.5, 0.6) is 0 Å². The molecular formula is C18H15N5O2S. The van der Waals surface area contributed by atoms with Gasteiger partial charge in [-0.3, -0.25) is 9.20 Å². The summed E-state index contributed by atoms with van der Waals surface area (Å²) in [7, 11) is 0. The first-order valence-electron chi connectivity index (χ1n) is 8.34. The summed E-state index contributed by atoms with van der Waals surface area (Å²) < 4.78 is 7.32. The first-order valence-corrected chi connectivity index (χ1v) is 9.22. The van der Waals surface area contributed by atoms with Crippen LogP contribution >= 0.6 is 11.3 Å². The van der Waals surface area contributed by atoms with E-state index in [0.717, 1.165) is 28.9 Å². The Morgan fingerprint density at radius 3 is 3.15 bits per heavy atom. The number of nitrogens with zero attached hydrogens (tertiary/aromatic N) is 4. The van der Waals surface area contributed by atoms with Gasteiger partial charge in [-0.15, -0.1) is 21.5 Å². The fourth-order valence-corrected chi connectivity index (χ4v) is 4.13. The van der Waals surface area contributed by atoms with Crippen LogP contribution in [0.15, 0.2) is 40.4 Å². The lowest BCUT2D eigenvalue weighted by atomic mass is 10.0. The monoisotopic (exact) mass is 365 g/mol. The molecule has 0 unspecified atom stereocenters. The van der Waals surface area contributed by atoms with Crippen LogP contribution in [-0.4, -0.2) is 25.5 Å². The molecule has 1 atom stereocenters. The number of hydrogen-bond acceptors (Lipinski definition) is 6. The van der Waals surface area contributed by atoms with Gasteiger partial charge in [-0.25, -0.2) is 4.98 Å². The molecule has 0 saturated carbocycles. The number of aryl methyl sites for hydroxylation is 2. The Labute approximate surface area is 152 Å². The van der Waals surface area contributed by atoms with Crippen molar-refractivity contribution in [2.75, 3.05) is 0 Å². The fraction of sp³-hybridized carbons (Fsp3) is 0.222. The van der Waals surface area contributed by atoms with Crippen molar-refractivity contribution in [3.8, 4) is 11.5 Å². The first-order chi connectivity index (χ1) is 12.7. The number of nitrogens with one attached hydrogen (secondary N) is 1. The lowest BCUT2D eigenvalue weighted by molar-refractivity contribution is 0.0931. The molecule has 1 amide bonds. The first kappa shape index (κ1) is 15.3. The van der Waals surface area contributed by atoms with E-state index in [1.54, 1.807) is 13.1 Å². The maximum atomic E-state index is 12.7. The molecule has 0 fully saturated rings. The zero-order chi connectivity index (χ0) is 17.7. The summed E-state index contributed by atoms with van der Waals surface area (Å²) in [4.78, 5) is 17.8. The van der Waals surface area contributed by atoms with Gasteiger partial charge < -0.3 is 9.73 Å². The standard InChI is InChI=1S/C18H15N5O2S/c1-10-21-22-17(25-10)12-2-4-13-11(8-12)3-5-14(13)20-16(24)15-9-19-18-23(15)6-7-26-18/h2,4,6-9,14H,3,5H2,1H3,(H,20,24)/t14-/m1/s1. The van der Waals surface area contributed by atoms with Gasteiger partial charge in [0.1, 0.15) is 5.69 Å². The predicted molar refractivity (Wildman–Crippen MR) is 96.1 cm³/mol. The number of imidazole rings is 1. The van der Waals surface area contributed by atoms with E-state index in [-0.39, 0.29) is 11.9 Å². The number of thiazole rings is 1. The average Bonchev–Trinajstić information content (AvgIpc) is 3.38. The molecule has 8 heteroatoms. The third kappa shape index (κ3) is 2.41. The zero-order valence-corrected chi connectivity index (χ0v) is 14.8. The average molecular weight is 365 g/mol. The van der Waals surface area contributed by atoms with Gasteiger partial charge >= 0.3 is 0 Å². The quantitative estimate of drug-likeness (QED) is 0.603. The van der Waals surface area contributed by atoms with Gasteiger partial charge in [0.25, 0.3) is 5.91 Å². The van der Waals surface area contributed by atoms with Crippen molar-refractivity contribution < 1.29 is 9.21 Å². The second-order valence-corrected chi connectivity index (χ2v) is 7.18. The number of fused-ring (bicyclic) bond motifs is 2. The van der Waals surface area contributed by atoms with Crippen molar-refractivity contribution in [2.24, 2.45) is 0 Å². The summed E-state index contributed by atoms with van der Waals surface area (Å²) >= 11 is 1.51. The number of hydrogen-bond donors (Lipinski definition) is 1. The van der Waals surface area contributed by atoms with Gasteiger partial charge in [-0.2, -0.15) is 0 Å². The van der Waals surface area contributed by atoms with Crippen LogP contribution in [0.2, 0.25) is 0 Å². The highest BCUT2D eigenvalue weighted by molar-refractivity contribution is 7.15. The summed E-state index contributed by atoms with van der Waals surface area (Å²) in [5, 5.41) is 13.0. The van der Waals surface area contributed by atoms with Gasteiger partial charge in [0.15, 0.2) is 4.96 Å². The van der Waals surface area contributed by atoms with Crippen LogP contribution in [-0.2, 0) is 6.42 Å². The molecule has 5 rings (SSSR count). The normalized spacial score (nSPS) is 16.1. The van der Waals surface area contributed by atoms with Crippen molar-refractivity contribution in [2.45, 2.75) is 25.8 Å². The maximum Gasteiger partial charge on any atom is 0.270 e. The minimum absolute atomic E-state index is 0.000145. The predicted octanol–water partition coefficient (Wildman–Crippen LogP) is 3.17. The smallest absolute Gasteiger partial charge is 0.270 e. The van der Waals surface area contributed by atoms with Crippen LogP contribution in [0.3, 0.4) is 0 Å². The maximum absolute atomic E-state index is 12.7. The highest BCUT2D eigenvalue weighted by atomic mass is 32.1. The highest BCUT2D eigenvalue weighted by Crippen LogP contribution is 2.34. The Morgan fingerprint density at radius 2 is 2.31 bits per heavy atom. The third-order valence-electron chi connectivity index (χ3n) is 4.68. The van der Waals surface area contributed by atoms with E-state index < -0.39 is 0 Å². The minimum atomic E-state index is -0.106. The second kappa shape index (κ2) is 5.77. The lowest BCUT2D eigenvalue weighted by Gasteiger charge is -2.14. The summed E-state index contributed by atoms with van der Waals surface area (Å²) in [5.74, 6) is 0.966. The van der Waals surface area contributed by atoms with Crippen molar-refractivity contribution in [1.82, 2.24) is 24.9 Å². The molecule has 1 aliphatic rings. The Morgan fingerprint density at radius 1 is 1.38 bits per heavy atom. The number of amides is 1. The third-order valence-corrected chi connectivity index (χ3v) is 5.45. The number of benzene rings is 1. The van der Waals surface area contributed by atoms with Crippen LogP contribution in [0.4, 0.5) is 0 Å². The van der Waals surface area contributed by atoms with Crippen molar-refractivity contribution >= 4 is 22.2 Å². The van der Waals surface area contributed by atoms with Crippen molar-refractivity contribution in [3.63, 3.8) is 0 Å². The molecule has 0 bridgehead atoms. The number of rotatable bonds is 3. The van der Waals surface area contributed by atoms with E-state index in [9.17, 15) is 4.79 Å². The van der Waals surface area contributed by atoms with E-state index in [2.05, 4.69) is 26.6 Å². The molecule has 0 saturated heterocycles. The number of aromatic nitrogens is 4. The largest absolute Gasteiger partial charge is 0.421 e. The molecule has 4 aromatic rings. The molecule has 1 aromatic carbocycles. The molecule has 0 radical (unpaired) electrons. The van der Waals surface area contributed by atoms with Gasteiger partial charge in [0.05, 0.1) is 12.2 Å². The number of carbonyl (C=O) groups is 1.